The summed E-state index contributed by atoms with van der Waals surface area (Å²) in [5.74, 6) is 3.82. The molecule has 0 radical (unpaired) electrons. The Labute approximate surface area is 704 Å². The van der Waals surface area contributed by atoms with Gasteiger partial charge in [-0.25, -0.2) is 29.9 Å². The highest BCUT2D eigenvalue weighted by Crippen LogP contribution is 2.59. The second-order valence-corrected chi connectivity index (χ2v) is 31.4. The molecule has 0 N–H and O–H groups in total. The summed E-state index contributed by atoms with van der Waals surface area (Å²) in [6, 6.07) is 154. The van der Waals surface area contributed by atoms with Crippen molar-refractivity contribution >= 4 is 54.6 Å². The van der Waals surface area contributed by atoms with E-state index >= 15 is 0 Å². The van der Waals surface area contributed by atoms with Crippen molar-refractivity contribution in [3.63, 3.8) is 0 Å². The fourth-order valence-electron chi connectivity index (χ4n) is 19.1. The molecule has 122 heavy (non-hydrogen) atoms. The van der Waals surface area contributed by atoms with E-state index in [0.717, 1.165) is 116 Å². The first-order valence-corrected chi connectivity index (χ1v) is 41.4. The molecule has 0 unspecified atom stereocenters. The van der Waals surface area contributed by atoms with E-state index in [0.29, 0.717) is 34.9 Å². The number of furan rings is 2. The normalized spacial score (nSPS) is 12.7. The molecule has 0 saturated carbocycles. The Morgan fingerprint density at radius 1 is 0.164 bits per heavy atom. The van der Waals surface area contributed by atoms with Gasteiger partial charge in [0.15, 0.2) is 34.9 Å². The lowest BCUT2D eigenvalue weighted by molar-refractivity contribution is 0.665. The molecule has 0 amide bonds. The van der Waals surface area contributed by atoms with Crippen LogP contribution in [0.2, 0.25) is 0 Å². The molecule has 0 fully saturated rings. The van der Waals surface area contributed by atoms with Crippen LogP contribution >= 0.6 is 0 Å². The van der Waals surface area contributed by atoms with Crippen LogP contribution in [0.25, 0.3) is 179 Å². The summed E-state index contributed by atoms with van der Waals surface area (Å²) in [4.78, 5) is 29.9. The maximum absolute atomic E-state index is 6.82. The standard InChI is InChI=1S/C58H37N3O.C56H35N3O/c1-4-17-38(18-5-1)55-59-56(39-19-6-2-7-20-39)61-57(60-55)43-24-15-22-41(36-43)40-21-14-23-42(35-40)46-29-16-32-52-54(46)49-34-33-45(37-53(49)62-52)58(44-25-8-3-9-26-44)50-30-12-10-27-47(50)48-28-11-13-31-51(48)58;1-3-15-38(16-4-1)53-57-54(59-55(58-53)41-31-26-36-14-7-8-17-40(36)34-41)39-29-27-37(28-30-39)44-22-13-25-50-52(44)47-33-32-43(35-51(47)60-50)56(42-18-5-2-6-19-42)48-23-11-9-20-45(48)46-21-10-12-24-49(46)56/h1-37H;1-35H. The number of nitrogens with zero attached hydrogens (tertiary/aromatic N) is 6. The molecule has 570 valence electrons. The minimum absolute atomic E-state index is 0.496. The van der Waals surface area contributed by atoms with E-state index in [1.807, 2.05) is 91.0 Å². The maximum atomic E-state index is 6.82. The van der Waals surface area contributed by atoms with Gasteiger partial charge >= 0.3 is 0 Å². The van der Waals surface area contributed by atoms with Crippen LogP contribution in [-0.4, -0.2) is 29.9 Å². The van der Waals surface area contributed by atoms with Crippen LogP contribution in [-0.2, 0) is 10.8 Å². The number of aromatic nitrogens is 6. The number of rotatable bonds is 13. The smallest absolute Gasteiger partial charge is 0.164 e. The van der Waals surface area contributed by atoms with E-state index < -0.39 is 10.8 Å². The van der Waals surface area contributed by atoms with Gasteiger partial charge in [0.2, 0.25) is 0 Å². The molecule has 0 aliphatic heterocycles. The molecule has 4 aromatic heterocycles. The van der Waals surface area contributed by atoms with Gasteiger partial charge in [-0.1, -0.05) is 394 Å². The van der Waals surface area contributed by atoms with Crippen LogP contribution in [0, 0.1) is 0 Å². The van der Waals surface area contributed by atoms with E-state index in [2.05, 4.69) is 346 Å². The van der Waals surface area contributed by atoms with Crippen molar-refractivity contribution in [2.24, 2.45) is 0 Å². The molecular weight excluding hydrogens is 1490 g/mol. The van der Waals surface area contributed by atoms with Gasteiger partial charge in [-0.3, -0.25) is 0 Å². The Bertz CT molecular complexity index is 7670. The highest BCUT2D eigenvalue weighted by atomic mass is 16.3. The van der Waals surface area contributed by atoms with E-state index in [1.54, 1.807) is 0 Å². The van der Waals surface area contributed by atoms with Gasteiger partial charge in [0.25, 0.3) is 0 Å². The molecule has 2 aliphatic rings. The van der Waals surface area contributed by atoms with Crippen molar-refractivity contribution in [1.82, 2.24) is 29.9 Å². The van der Waals surface area contributed by atoms with Gasteiger partial charge in [0.1, 0.15) is 22.3 Å². The molecule has 24 rings (SSSR count). The minimum Gasteiger partial charge on any atom is -0.456 e. The Hall–Kier alpha value is -16.2. The van der Waals surface area contributed by atoms with Crippen molar-refractivity contribution in [2.45, 2.75) is 10.8 Å². The topological polar surface area (TPSA) is 104 Å². The summed E-state index contributed by atoms with van der Waals surface area (Å²) in [6.07, 6.45) is 0. The Morgan fingerprint density at radius 3 is 0.893 bits per heavy atom. The first-order valence-electron chi connectivity index (χ1n) is 41.4. The molecule has 0 bridgehead atoms. The Morgan fingerprint density at radius 2 is 0.459 bits per heavy atom. The van der Waals surface area contributed by atoms with E-state index in [1.165, 1.54) is 72.1 Å². The first kappa shape index (κ1) is 71.2. The predicted molar refractivity (Wildman–Crippen MR) is 495 cm³/mol. The molecule has 8 nitrogen and oxygen atoms in total. The Balaban J connectivity index is 0.000000142. The molecule has 22 aromatic rings. The molecule has 8 heteroatoms. The van der Waals surface area contributed by atoms with Crippen molar-refractivity contribution < 1.29 is 8.83 Å². The third-order valence-electron chi connectivity index (χ3n) is 24.6. The largest absolute Gasteiger partial charge is 0.456 e. The summed E-state index contributed by atoms with van der Waals surface area (Å²) in [5, 5.41) is 6.70. The van der Waals surface area contributed by atoms with Gasteiger partial charge in [-0.2, -0.15) is 0 Å². The van der Waals surface area contributed by atoms with Crippen LogP contribution in [0.1, 0.15) is 44.5 Å². The molecule has 0 spiro atoms. The molecule has 18 aromatic carbocycles. The van der Waals surface area contributed by atoms with Gasteiger partial charge < -0.3 is 8.83 Å². The summed E-state index contributed by atoms with van der Waals surface area (Å²) >= 11 is 0. The average Bonchev–Trinajstić information content (AvgIpc) is 1.54. The number of benzene rings is 18. The van der Waals surface area contributed by atoms with Crippen LogP contribution in [0.5, 0.6) is 0 Å². The van der Waals surface area contributed by atoms with E-state index in [-0.39, 0.29) is 0 Å². The molecule has 4 heterocycles. The minimum atomic E-state index is -0.499. The fraction of sp³-hybridized carbons (Fsp3) is 0.0175. The summed E-state index contributed by atoms with van der Waals surface area (Å²) < 4.78 is 13.6. The zero-order chi connectivity index (χ0) is 80.7. The lowest BCUT2D eigenvalue weighted by Gasteiger charge is -2.33. The maximum Gasteiger partial charge on any atom is 0.164 e. The molecular formula is C114H72N6O2. The van der Waals surface area contributed by atoms with Crippen molar-refractivity contribution in [3.05, 3.63) is 481 Å². The lowest BCUT2D eigenvalue weighted by Crippen LogP contribution is -2.28. The Kier molecular flexibility index (Phi) is 17.2. The van der Waals surface area contributed by atoms with Crippen LogP contribution in [0.3, 0.4) is 0 Å². The average molecular weight is 1560 g/mol. The number of fused-ring (bicyclic) bond motifs is 13. The highest BCUT2D eigenvalue weighted by Gasteiger charge is 2.48. The van der Waals surface area contributed by atoms with Crippen molar-refractivity contribution in [1.29, 1.82) is 0 Å². The lowest BCUT2D eigenvalue weighted by atomic mass is 9.67. The van der Waals surface area contributed by atoms with Gasteiger partial charge in [-0.05, 0) is 153 Å². The fourth-order valence-corrected chi connectivity index (χ4v) is 19.1. The SMILES string of the molecule is c1ccc(-c2nc(-c3ccc(-c4cccc5oc6cc(C7(c8ccccc8)c8ccccc8-c8ccccc87)ccc6c45)cc3)nc(-c3ccc4ccccc4c3)n2)cc1.c1ccc(-c2nc(-c3ccccc3)nc(-c3cccc(-c4cccc(-c5cccc6oc7cc(C8(c9ccccc9)c9ccccc9-c9ccccc98)ccc7c56)c4)c3)n2)cc1. The summed E-state index contributed by atoms with van der Waals surface area (Å²) in [7, 11) is 0. The molecule has 0 atom stereocenters. The third-order valence-corrected chi connectivity index (χ3v) is 24.6. The van der Waals surface area contributed by atoms with Crippen LogP contribution in [0.4, 0.5) is 0 Å². The molecule has 0 saturated heterocycles. The van der Waals surface area contributed by atoms with Crippen LogP contribution < -0.4 is 0 Å². The zero-order valence-electron chi connectivity index (χ0n) is 66.1. The second kappa shape index (κ2) is 29.5. The van der Waals surface area contributed by atoms with E-state index in [4.69, 9.17) is 38.7 Å². The van der Waals surface area contributed by atoms with Crippen LogP contribution in [0.15, 0.2) is 446 Å². The third kappa shape index (κ3) is 11.9. The summed E-state index contributed by atoms with van der Waals surface area (Å²) in [5.41, 5.74) is 29.7. The number of hydrogen-bond acceptors (Lipinski definition) is 8. The zero-order valence-corrected chi connectivity index (χ0v) is 66.1. The monoisotopic (exact) mass is 1560 g/mol. The van der Waals surface area contributed by atoms with Gasteiger partial charge in [-0.15, -0.1) is 0 Å². The summed E-state index contributed by atoms with van der Waals surface area (Å²) in [6.45, 7) is 0. The van der Waals surface area contributed by atoms with Gasteiger partial charge in [0.05, 0.1) is 10.8 Å². The second-order valence-electron chi connectivity index (χ2n) is 31.4. The van der Waals surface area contributed by atoms with Crippen molar-refractivity contribution in [3.8, 4) is 124 Å². The predicted octanol–water partition coefficient (Wildman–Crippen LogP) is 28.4. The van der Waals surface area contributed by atoms with Crippen molar-refractivity contribution in [2.75, 3.05) is 0 Å². The molecule has 2 aliphatic carbocycles. The van der Waals surface area contributed by atoms with E-state index in [9.17, 15) is 0 Å². The first-order chi connectivity index (χ1) is 60.4. The number of hydrogen-bond donors (Lipinski definition) is 0. The highest BCUT2D eigenvalue weighted by molar-refractivity contribution is 6.14. The van der Waals surface area contributed by atoms with Gasteiger partial charge in [0, 0.05) is 54.9 Å². The quantitative estimate of drug-likeness (QED) is 0.112.